The molecule has 0 aliphatic carbocycles. The molecule has 1 saturated heterocycles. The summed E-state index contributed by atoms with van der Waals surface area (Å²) in [4.78, 5) is 38.6. The number of carbonyl (C=O) groups is 3. The van der Waals surface area contributed by atoms with E-state index in [0.717, 1.165) is 0 Å². The summed E-state index contributed by atoms with van der Waals surface area (Å²) in [6, 6.07) is -1.81. The molecule has 130 valence electrons. The van der Waals surface area contributed by atoms with Gasteiger partial charge in [0.15, 0.2) is 11.7 Å². The highest BCUT2D eigenvalue weighted by Crippen LogP contribution is 2.17. The van der Waals surface area contributed by atoms with Crippen LogP contribution in [0.25, 0.3) is 0 Å². The Kier molecular flexibility index (Phi) is 6.91. The standard InChI is InChI=1S/C13H23N5O5/c1-6(19)18-10(12(22)23)2-7(4-17-13(14)15)11(21)9-3-8(20)5-16-9/h7-10,16,20H,2-5H2,1H3,(H,18,19)(H,22,23)(H4,14,15,17)/t7?,8-,9+,10+/m1/s1. The number of nitrogens with one attached hydrogen (secondary N) is 2. The Labute approximate surface area is 133 Å². The lowest BCUT2D eigenvalue weighted by Gasteiger charge is -2.22. The Morgan fingerprint density at radius 1 is 1.39 bits per heavy atom. The number of β-amino-alcohol motifs (C(OH)–C–C–N with tert-alkyl or cyclic N) is 1. The Bertz CT molecular complexity index is 491. The van der Waals surface area contributed by atoms with Crippen molar-refractivity contribution in [1.82, 2.24) is 10.6 Å². The number of aliphatic carboxylic acids is 1. The normalized spacial score (nSPS) is 22.9. The highest BCUT2D eigenvalue weighted by Gasteiger charge is 2.35. The van der Waals surface area contributed by atoms with Gasteiger partial charge in [0.25, 0.3) is 0 Å². The van der Waals surface area contributed by atoms with Gasteiger partial charge < -0.3 is 32.3 Å². The van der Waals surface area contributed by atoms with Gasteiger partial charge in [-0.2, -0.15) is 0 Å². The molecule has 10 heteroatoms. The van der Waals surface area contributed by atoms with E-state index in [2.05, 4.69) is 15.6 Å². The van der Waals surface area contributed by atoms with Crippen LogP contribution in [0.5, 0.6) is 0 Å². The fourth-order valence-electron chi connectivity index (χ4n) is 2.47. The van der Waals surface area contributed by atoms with Gasteiger partial charge in [0, 0.05) is 19.4 Å². The van der Waals surface area contributed by atoms with Gasteiger partial charge in [-0.1, -0.05) is 0 Å². The highest BCUT2D eigenvalue weighted by atomic mass is 16.4. The molecule has 23 heavy (non-hydrogen) atoms. The van der Waals surface area contributed by atoms with Crippen LogP contribution in [0.2, 0.25) is 0 Å². The van der Waals surface area contributed by atoms with E-state index >= 15 is 0 Å². The number of rotatable bonds is 8. The van der Waals surface area contributed by atoms with Gasteiger partial charge in [-0.25, -0.2) is 4.79 Å². The summed E-state index contributed by atoms with van der Waals surface area (Å²) in [6.07, 6.45) is -0.522. The summed E-state index contributed by atoms with van der Waals surface area (Å²) < 4.78 is 0. The van der Waals surface area contributed by atoms with Crippen molar-refractivity contribution in [2.24, 2.45) is 22.4 Å². The van der Waals surface area contributed by atoms with Crippen LogP contribution < -0.4 is 22.1 Å². The van der Waals surface area contributed by atoms with Gasteiger partial charge in [-0.05, 0) is 12.8 Å². The first-order valence-electron chi connectivity index (χ1n) is 7.21. The van der Waals surface area contributed by atoms with Crippen molar-refractivity contribution in [3.05, 3.63) is 0 Å². The lowest BCUT2D eigenvalue weighted by molar-refractivity contribution is -0.142. The van der Waals surface area contributed by atoms with Gasteiger partial charge in [0.2, 0.25) is 5.91 Å². The minimum absolute atomic E-state index is 0.0845. The molecule has 1 aliphatic heterocycles. The second-order valence-corrected chi connectivity index (χ2v) is 5.54. The Balaban J connectivity index is 2.85. The van der Waals surface area contributed by atoms with E-state index < -0.39 is 36.0 Å². The van der Waals surface area contributed by atoms with Crippen molar-refractivity contribution in [3.8, 4) is 0 Å². The van der Waals surface area contributed by atoms with Crippen LogP contribution in [-0.4, -0.2) is 65.1 Å². The maximum absolute atomic E-state index is 12.5. The van der Waals surface area contributed by atoms with Gasteiger partial charge in [-0.3, -0.25) is 14.6 Å². The molecule has 1 heterocycles. The van der Waals surface area contributed by atoms with Crippen molar-refractivity contribution < 1.29 is 24.6 Å². The number of hydrogen-bond acceptors (Lipinski definition) is 6. The van der Waals surface area contributed by atoms with Crippen LogP contribution in [-0.2, 0) is 14.4 Å². The molecule has 0 aromatic rings. The van der Waals surface area contributed by atoms with Gasteiger partial charge >= 0.3 is 5.97 Å². The zero-order valence-corrected chi connectivity index (χ0v) is 12.9. The molecular formula is C13H23N5O5. The third kappa shape index (κ3) is 6.20. The number of aliphatic hydroxyl groups excluding tert-OH is 1. The number of hydrogen-bond donors (Lipinski definition) is 6. The van der Waals surface area contributed by atoms with Crippen molar-refractivity contribution in [1.29, 1.82) is 0 Å². The van der Waals surface area contributed by atoms with Crippen LogP contribution in [0.4, 0.5) is 0 Å². The Morgan fingerprint density at radius 2 is 2.04 bits per heavy atom. The number of ketones is 1. The number of amides is 1. The zero-order chi connectivity index (χ0) is 17.6. The predicted octanol–water partition coefficient (Wildman–Crippen LogP) is -2.85. The molecule has 1 aliphatic rings. The van der Waals surface area contributed by atoms with Gasteiger partial charge in [0.05, 0.1) is 18.7 Å². The molecule has 1 fully saturated rings. The van der Waals surface area contributed by atoms with Crippen LogP contribution in [0, 0.1) is 5.92 Å². The lowest BCUT2D eigenvalue weighted by atomic mass is 9.90. The average Bonchev–Trinajstić information content (AvgIpc) is 2.87. The number of aliphatic hydroxyl groups is 1. The SMILES string of the molecule is CC(=O)N[C@@H](CC(CN=C(N)N)C(=O)[C@@H]1C[C@@H](O)CN1)C(=O)O. The van der Waals surface area contributed by atoms with E-state index in [4.69, 9.17) is 11.5 Å². The molecule has 10 nitrogen and oxygen atoms in total. The number of carboxylic acids is 1. The minimum Gasteiger partial charge on any atom is -0.480 e. The number of nitrogens with two attached hydrogens (primary N) is 2. The third-order valence-electron chi connectivity index (χ3n) is 3.54. The Morgan fingerprint density at radius 3 is 2.48 bits per heavy atom. The van der Waals surface area contributed by atoms with E-state index in [1.54, 1.807) is 0 Å². The smallest absolute Gasteiger partial charge is 0.326 e. The highest BCUT2D eigenvalue weighted by molar-refractivity contribution is 5.89. The molecule has 0 spiro atoms. The zero-order valence-electron chi connectivity index (χ0n) is 12.9. The molecule has 1 unspecified atom stereocenters. The average molecular weight is 329 g/mol. The summed E-state index contributed by atoms with van der Waals surface area (Å²) in [6.45, 7) is 1.40. The fraction of sp³-hybridized carbons (Fsp3) is 0.692. The van der Waals surface area contributed by atoms with Gasteiger partial charge in [-0.15, -0.1) is 0 Å². The quantitative estimate of drug-likeness (QED) is 0.203. The Hall–Kier alpha value is -2.20. The molecule has 0 aromatic heterocycles. The number of aliphatic imine (C=N–C) groups is 1. The second kappa shape index (κ2) is 8.44. The van der Waals surface area contributed by atoms with E-state index in [1.807, 2.05) is 0 Å². The molecule has 4 atom stereocenters. The van der Waals surface area contributed by atoms with Gasteiger partial charge in [0.1, 0.15) is 6.04 Å². The molecule has 1 amide bonds. The molecule has 8 N–H and O–H groups in total. The van der Waals surface area contributed by atoms with Crippen molar-refractivity contribution in [2.45, 2.75) is 38.0 Å². The van der Waals surface area contributed by atoms with E-state index in [0.29, 0.717) is 6.54 Å². The summed E-state index contributed by atoms with van der Waals surface area (Å²) in [7, 11) is 0. The van der Waals surface area contributed by atoms with Crippen molar-refractivity contribution in [2.75, 3.05) is 13.1 Å². The largest absolute Gasteiger partial charge is 0.480 e. The number of nitrogens with zero attached hydrogens (tertiary/aromatic N) is 1. The fourth-order valence-corrected chi connectivity index (χ4v) is 2.47. The first kappa shape index (κ1) is 18.8. The topological polar surface area (TPSA) is 180 Å². The molecule has 0 bridgehead atoms. The monoisotopic (exact) mass is 329 g/mol. The first-order valence-corrected chi connectivity index (χ1v) is 7.21. The lowest BCUT2D eigenvalue weighted by Crippen LogP contribution is -2.45. The number of carboxylic acid groups (broad SMARTS) is 1. The molecule has 0 radical (unpaired) electrons. The molecule has 0 saturated carbocycles. The summed E-state index contributed by atoms with van der Waals surface area (Å²) in [5.41, 5.74) is 10.5. The van der Waals surface area contributed by atoms with Crippen molar-refractivity contribution in [3.63, 3.8) is 0 Å². The predicted molar refractivity (Wildman–Crippen MR) is 81.4 cm³/mol. The van der Waals surface area contributed by atoms with Crippen molar-refractivity contribution >= 4 is 23.6 Å². The van der Waals surface area contributed by atoms with Crippen LogP contribution >= 0.6 is 0 Å². The summed E-state index contributed by atoms with van der Waals surface area (Å²) in [5, 5.41) is 23.8. The summed E-state index contributed by atoms with van der Waals surface area (Å²) >= 11 is 0. The number of carbonyl (C=O) groups excluding carboxylic acids is 2. The maximum Gasteiger partial charge on any atom is 0.326 e. The second-order valence-electron chi connectivity index (χ2n) is 5.54. The molecular weight excluding hydrogens is 306 g/mol. The summed E-state index contributed by atoms with van der Waals surface area (Å²) in [5.74, 6) is -3.06. The molecule has 0 aromatic carbocycles. The molecule has 1 rings (SSSR count). The minimum atomic E-state index is -1.25. The van der Waals surface area contributed by atoms with E-state index in [-0.39, 0.29) is 31.1 Å². The van der Waals surface area contributed by atoms with E-state index in [1.165, 1.54) is 6.92 Å². The van der Waals surface area contributed by atoms with Crippen LogP contribution in [0.1, 0.15) is 19.8 Å². The third-order valence-corrected chi connectivity index (χ3v) is 3.54. The van der Waals surface area contributed by atoms with E-state index in [9.17, 15) is 24.6 Å². The maximum atomic E-state index is 12.5. The number of guanidine groups is 1. The number of Topliss-reactive ketones (excluding diaryl/α,β-unsaturated/α-hetero) is 1. The first-order chi connectivity index (χ1) is 10.7. The van der Waals surface area contributed by atoms with Crippen LogP contribution in [0.15, 0.2) is 4.99 Å². The van der Waals surface area contributed by atoms with Crippen LogP contribution in [0.3, 0.4) is 0 Å².